The molecule has 6 heteroatoms. The summed E-state index contributed by atoms with van der Waals surface area (Å²) >= 11 is 0. The van der Waals surface area contributed by atoms with Gasteiger partial charge in [0.05, 0.1) is 25.3 Å². The van der Waals surface area contributed by atoms with Gasteiger partial charge in [-0.2, -0.15) is 0 Å². The quantitative estimate of drug-likeness (QED) is 0.602. The Bertz CT molecular complexity index is 1140. The van der Waals surface area contributed by atoms with Crippen molar-refractivity contribution in [2.45, 2.75) is 26.8 Å². The normalized spacial score (nSPS) is 19.5. The van der Waals surface area contributed by atoms with Crippen LogP contribution in [0.15, 0.2) is 45.6 Å². The van der Waals surface area contributed by atoms with Crippen LogP contribution in [0.2, 0.25) is 0 Å². The van der Waals surface area contributed by atoms with Crippen LogP contribution < -0.4 is 15.1 Å². The van der Waals surface area contributed by atoms with Crippen molar-refractivity contribution in [1.29, 1.82) is 0 Å². The van der Waals surface area contributed by atoms with E-state index in [1.165, 1.54) is 6.42 Å². The van der Waals surface area contributed by atoms with Gasteiger partial charge in [0.2, 0.25) is 0 Å². The van der Waals surface area contributed by atoms with E-state index in [-0.39, 0.29) is 5.75 Å². The maximum absolute atomic E-state index is 13.0. The molecule has 1 aromatic heterocycles. The van der Waals surface area contributed by atoms with Crippen molar-refractivity contribution in [2.24, 2.45) is 11.8 Å². The molecule has 2 heterocycles. The number of aromatic hydroxyl groups is 1. The van der Waals surface area contributed by atoms with Gasteiger partial charge in [0.25, 0.3) is 0 Å². The summed E-state index contributed by atoms with van der Waals surface area (Å²) in [7, 11) is 3.13. The van der Waals surface area contributed by atoms with Crippen molar-refractivity contribution in [3.05, 3.63) is 52.4 Å². The van der Waals surface area contributed by atoms with Gasteiger partial charge in [-0.1, -0.05) is 13.8 Å². The van der Waals surface area contributed by atoms with Crippen LogP contribution in [0.3, 0.4) is 0 Å². The summed E-state index contributed by atoms with van der Waals surface area (Å²) in [5, 5.41) is 11.3. The van der Waals surface area contributed by atoms with E-state index < -0.39 is 5.63 Å². The number of methoxy groups -OCH3 is 2. The number of fused-ring (bicyclic) bond motifs is 1. The molecule has 0 radical (unpaired) electrons. The molecule has 2 unspecified atom stereocenters. The summed E-state index contributed by atoms with van der Waals surface area (Å²) < 4.78 is 16.5. The van der Waals surface area contributed by atoms with Gasteiger partial charge >= 0.3 is 5.63 Å². The van der Waals surface area contributed by atoms with Crippen LogP contribution in [0.4, 0.5) is 0 Å². The van der Waals surface area contributed by atoms with Crippen LogP contribution in [0.1, 0.15) is 25.8 Å². The van der Waals surface area contributed by atoms with Crippen LogP contribution in [0.5, 0.6) is 17.2 Å². The first kappa shape index (κ1) is 21.2. The number of benzene rings is 2. The summed E-state index contributed by atoms with van der Waals surface area (Å²) in [6, 6.07) is 10.5. The molecule has 0 bridgehead atoms. The topological polar surface area (TPSA) is 72.1 Å². The van der Waals surface area contributed by atoms with E-state index in [1.807, 2.05) is 0 Å². The minimum absolute atomic E-state index is 0.149. The van der Waals surface area contributed by atoms with Gasteiger partial charge < -0.3 is 19.0 Å². The first-order valence-electron chi connectivity index (χ1n) is 10.6. The van der Waals surface area contributed by atoms with Crippen LogP contribution >= 0.6 is 0 Å². The van der Waals surface area contributed by atoms with Gasteiger partial charge in [0, 0.05) is 36.7 Å². The van der Waals surface area contributed by atoms with Gasteiger partial charge in [0.15, 0.2) is 0 Å². The zero-order valence-corrected chi connectivity index (χ0v) is 18.5. The number of phenolic OH excluding ortho intramolecular Hbond substituents is 1. The summed E-state index contributed by atoms with van der Waals surface area (Å²) in [5.41, 5.74) is 1.66. The minimum Gasteiger partial charge on any atom is -0.507 e. The first-order chi connectivity index (χ1) is 14.9. The molecule has 1 N–H and O–H groups in total. The van der Waals surface area contributed by atoms with Gasteiger partial charge in [-0.15, -0.1) is 0 Å². The van der Waals surface area contributed by atoms with Crippen LogP contribution in [0.25, 0.3) is 22.1 Å². The lowest BCUT2D eigenvalue weighted by Gasteiger charge is -2.35. The molecule has 0 saturated carbocycles. The zero-order valence-electron chi connectivity index (χ0n) is 18.5. The molecular weight excluding hydrogens is 394 g/mol. The fraction of sp³-hybridized carbons (Fsp3) is 0.400. The molecule has 6 nitrogen and oxygen atoms in total. The van der Waals surface area contributed by atoms with E-state index in [0.29, 0.717) is 52.2 Å². The molecular formula is C25H29NO5. The second-order valence-corrected chi connectivity index (χ2v) is 8.64. The Labute approximate surface area is 182 Å². The van der Waals surface area contributed by atoms with Gasteiger partial charge in [0.1, 0.15) is 22.8 Å². The molecule has 4 rings (SSSR count). The molecule has 3 aromatic rings. The number of likely N-dealkylation sites (tertiary alicyclic amines) is 1. The molecule has 1 aliphatic heterocycles. The highest BCUT2D eigenvalue weighted by Gasteiger charge is 2.24. The van der Waals surface area contributed by atoms with Crippen molar-refractivity contribution < 1.29 is 19.0 Å². The maximum atomic E-state index is 13.0. The standard InChI is InChI=1S/C25H29NO5/c1-15-9-16(2)13-26(12-15)14-21-22(27)8-5-17-10-20(25(28)31-24(17)21)19-7-6-18(29-3)11-23(19)30-4/h5-8,10-11,15-16,27H,9,12-14H2,1-4H3. The highest BCUT2D eigenvalue weighted by molar-refractivity contribution is 5.86. The Kier molecular flexibility index (Phi) is 5.92. The smallest absolute Gasteiger partial charge is 0.344 e. The molecule has 0 spiro atoms. The second-order valence-electron chi connectivity index (χ2n) is 8.64. The average molecular weight is 424 g/mol. The van der Waals surface area contributed by atoms with E-state index in [9.17, 15) is 9.90 Å². The minimum atomic E-state index is -0.469. The fourth-order valence-electron chi connectivity index (χ4n) is 4.74. The van der Waals surface area contributed by atoms with Crippen LogP contribution in [0, 0.1) is 11.8 Å². The zero-order chi connectivity index (χ0) is 22.1. The third-order valence-electron chi connectivity index (χ3n) is 6.01. The number of phenols is 1. The molecule has 2 aromatic carbocycles. The molecule has 1 fully saturated rings. The van der Waals surface area contributed by atoms with Gasteiger partial charge in [-0.3, -0.25) is 4.90 Å². The lowest BCUT2D eigenvalue weighted by molar-refractivity contribution is 0.133. The lowest BCUT2D eigenvalue weighted by Crippen LogP contribution is -2.38. The maximum Gasteiger partial charge on any atom is 0.344 e. The number of piperidine rings is 1. The first-order valence-corrected chi connectivity index (χ1v) is 10.6. The van der Waals surface area contributed by atoms with Crippen molar-refractivity contribution in [1.82, 2.24) is 4.90 Å². The SMILES string of the molecule is COc1ccc(-c2cc3ccc(O)c(CN4CC(C)CC(C)C4)c3oc2=O)c(OC)c1. The lowest BCUT2D eigenvalue weighted by atomic mass is 9.91. The number of hydrogen-bond donors (Lipinski definition) is 1. The molecule has 164 valence electrons. The van der Waals surface area contributed by atoms with Crippen molar-refractivity contribution >= 4 is 11.0 Å². The average Bonchev–Trinajstić information content (AvgIpc) is 2.74. The third-order valence-corrected chi connectivity index (χ3v) is 6.01. The predicted molar refractivity (Wildman–Crippen MR) is 121 cm³/mol. The molecule has 2 atom stereocenters. The highest BCUT2D eigenvalue weighted by atomic mass is 16.5. The largest absolute Gasteiger partial charge is 0.507 e. The summed E-state index contributed by atoms with van der Waals surface area (Å²) in [5.74, 6) is 2.52. The molecule has 0 aliphatic carbocycles. The van der Waals surface area contributed by atoms with Crippen molar-refractivity contribution in [3.8, 4) is 28.4 Å². The highest BCUT2D eigenvalue weighted by Crippen LogP contribution is 2.35. The monoisotopic (exact) mass is 423 g/mol. The molecule has 1 aliphatic rings. The van der Waals surface area contributed by atoms with Crippen LogP contribution in [-0.4, -0.2) is 37.3 Å². The van der Waals surface area contributed by atoms with E-state index in [2.05, 4.69) is 18.7 Å². The summed E-state index contributed by atoms with van der Waals surface area (Å²) in [4.78, 5) is 15.3. The van der Waals surface area contributed by atoms with Gasteiger partial charge in [-0.05, 0) is 48.6 Å². The second kappa shape index (κ2) is 8.63. The van der Waals surface area contributed by atoms with Crippen molar-refractivity contribution in [3.63, 3.8) is 0 Å². The molecule has 1 saturated heterocycles. The number of ether oxygens (including phenoxy) is 2. The number of hydrogen-bond acceptors (Lipinski definition) is 6. The van der Waals surface area contributed by atoms with E-state index in [1.54, 1.807) is 50.6 Å². The third kappa shape index (κ3) is 4.26. The van der Waals surface area contributed by atoms with E-state index in [0.717, 1.165) is 18.5 Å². The van der Waals surface area contributed by atoms with Gasteiger partial charge in [-0.25, -0.2) is 4.79 Å². The Balaban J connectivity index is 1.78. The number of rotatable bonds is 5. The van der Waals surface area contributed by atoms with E-state index in [4.69, 9.17) is 13.9 Å². The Morgan fingerprint density at radius 1 is 1.03 bits per heavy atom. The van der Waals surface area contributed by atoms with E-state index >= 15 is 0 Å². The molecule has 31 heavy (non-hydrogen) atoms. The predicted octanol–water partition coefficient (Wildman–Crippen LogP) is 4.66. The summed E-state index contributed by atoms with van der Waals surface area (Å²) in [6.45, 7) is 6.98. The Morgan fingerprint density at radius 2 is 1.77 bits per heavy atom. The number of nitrogens with zero attached hydrogens (tertiary/aromatic N) is 1. The Morgan fingerprint density at radius 3 is 2.45 bits per heavy atom. The molecule has 0 amide bonds. The van der Waals surface area contributed by atoms with Crippen LogP contribution in [-0.2, 0) is 6.54 Å². The van der Waals surface area contributed by atoms with Crippen molar-refractivity contribution in [2.75, 3.05) is 27.3 Å². The summed E-state index contributed by atoms with van der Waals surface area (Å²) in [6.07, 6.45) is 1.21. The Hall–Kier alpha value is -2.99. The fourth-order valence-corrected chi connectivity index (χ4v) is 4.74.